The van der Waals surface area contributed by atoms with Crippen LogP contribution in [-0.2, 0) is 0 Å². The Bertz CT molecular complexity index is 154. The third-order valence-electron chi connectivity index (χ3n) is 3.36. The van der Waals surface area contributed by atoms with Gasteiger partial charge in [0.15, 0.2) is 0 Å². The van der Waals surface area contributed by atoms with Gasteiger partial charge in [0.1, 0.15) is 0 Å². The van der Waals surface area contributed by atoms with Gasteiger partial charge in [0.05, 0.1) is 0 Å². The molecule has 13 heavy (non-hydrogen) atoms. The molecular formula is C10H21N3. The standard InChI is InChI=1S/C10H21N3/c11-9-2-1-3-10(8-9)13-6-4-12-5-7-13/h9-10,12H,1-8,11H2/t9-,10-/m0/s1. The minimum atomic E-state index is 0.466. The van der Waals surface area contributed by atoms with Crippen molar-refractivity contribution in [2.75, 3.05) is 26.2 Å². The van der Waals surface area contributed by atoms with Gasteiger partial charge < -0.3 is 11.1 Å². The molecule has 0 radical (unpaired) electrons. The molecule has 2 fully saturated rings. The first-order chi connectivity index (χ1) is 6.36. The summed E-state index contributed by atoms with van der Waals surface area (Å²) < 4.78 is 0. The van der Waals surface area contributed by atoms with Crippen molar-refractivity contribution in [1.29, 1.82) is 0 Å². The number of nitrogens with zero attached hydrogens (tertiary/aromatic N) is 1. The maximum atomic E-state index is 5.99. The molecule has 0 unspecified atom stereocenters. The summed E-state index contributed by atoms with van der Waals surface area (Å²) in [4.78, 5) is 2.62. The molecule has 1 saturated carbocycles. The van der Waals surface area contributed by atoms with Gasteiger partial charge in [0, 0.05) is 38.3 Å². The largest absolute Gasteiger partial charge is 0.328 e. The molecule has 0 aromatic carbocycles. The normalized spacial score (nSPS) is 37.6. The van der Waals surface area contributed by atoms with Gasteiger partial charge in [-0.3, -0.25) is 4.90 Å². The second-order valence-corrected chi connectivity index (χ2v) is 4.37. The molecule has 0 bridgehead atoms. The Morgan fingerprint density at radius 1 is 1.15 bits per heavy atom. The molecule has 1 aliphatic heterocycles. The van der Waals surface area contributed by atoms with Crippen LogP contribution in [0.3, 0.4) is 0 Å². The fourth-order valence-corrected chi connectivity index (χ4v) is 2.58. The predicted octanol–water partition coefficient (Wildman–Crippen LogP) is 0.162. The third kappa shape index (κ3) is 2.42. The van der Waals surface area contributed by atoms with E-state index >= 15 is 0 Å². The molecule has 0 aromatic heterocycles. The average Bonchev–Trinajstić information content (AvgIpc) is 2.19. The smallest absolute Gasteiger partial charge is 0.0111 e. The molecule has 2 rings (SSSR count). The SMILES string of the molecule is N[C@H]1CCC[C@H](N2CCNCC2)C1. The van der Waals surface area contributed by atoms with Crippen molar-refractivity contribution in [3.05, 3.63) is 0 Å². The lowest BCUT2D eigenvalue weighted by Gasteiger charge is -2.38. The van der Waals surface area contributed by atoms with E-state index in [-0.39, 0.29) is 0 Å². The number of nitrogens with two attached hydrogens (primary N) is 1. The van der Waals surface area contributed by atoms with Crippen molar-refractivity contribution >= 4 is 0 Å². The van der Waals surface area contributed by atoms with Crippen LogP contribution in [0.15, 0.2) is 0 Å². The van der Waals surface area contributed by atoms with Crippen molar-refractivity contribution in [3.63, 3.8) is 0 Å². The fourth-order valence-electron chi connectivity index (χ4n) is 2.58. The number of hydrogen-bond donors (Lipinski definition) is 2. The highest BCUT2D eigenvalue weighted by molar-refractivity contribution is 4.84. The van der Waals surface area contributed by atoms with E-state index in [1.807, 2.05) is 0 Å². The maximum absolute atomic E-state index is 5.99. The van der Waals surface area contributed by atoms with Gasteiger partial charge in [-0.1, -0.05) is 6.42 Å². The molecule has 3 heteroatoms. The molecule has 0 spiro atoms. The lowest BCUT2D eigenvalue weighted by molar-refractivity contribution is 0.131. The second kappa shape index (κ2) is 4.40. The summed E-state index contributed by atoms with van der Waals surface area (Å²) in [5, 5.41) is 3.39. The van der Waals surface area contributed by atoms with Gasteiger partial charge in [-0.15, -0.1) is 0 Å². The van der Waals surface area contributed by atoms with Gasteiger partial charge in [0.25, 0.3) is 0 Å². The molecule has 3 N–H and O–H groups in total. The van der Waals surface area contributed by atoms with E-state index in [0.29, 0.717) is 6.04 Å². The molecule has 1 aliphatic carbocycles. The van der Waals surface area contributed by atoms with E-state index < -0.39 is 0 Å². The van der Waals surface area contributed by atoms with Gasteiger partial charge in [0.2, 0.25) is 0 Å². The first-order valence-electron chi connectivity index (χ1n) is 5.56. The van der Waals surface area contributed by atoms with Crippen LogP contribution in [0.5, 0.6) is 0 Å². The van der Waals surface area contributed by atoms with Crippen molar-refractivity contribution in [2.24, 2.45) is 5.73 Å². The Kier molecular flexibility index (Phi) is 3.19. The Hall–Kier alpha value is -0.120. The van der Waals surface area contributed by atoms with E-state index in [1.165, 1.54) is 38.8 Å². The van der Waals surface area contributed by atoms with Crippen LogP contribution in [0.4, 0.5) is 0 Å². The van der Waals surface area contributed by atoms with E-state index in [0.717, 1.165) is 19.1 Å². The molecular weight excluding hydrogens is 162 g/mol. The summed E-state index contributed by atoms with van der Waals surface area (Å²) in [5.74, 6) is 0. The third-order valence-corrected chi connectivity index (χ3v) is 3.36. The Morgan fingerprint density at radius 2 is 1.92 bits per heavy atom. The van der Waals surface area contributed by atoms with Gasteiger partial charge in [-0.05, 0) is 19.3 Å². The minimum absolute atomic E-state index is 0.466. The molecule has 2 aliphatic rings. The van der Waals surface area contributed by atoms with Crippen molar-refractivity contribution in [3.8, 4) is 0 Å². The zero-order chi connectivity index (χ0) is 9.10. The van der Waals surface area contributed by atoms with Crippen LogP contribution in [-0.4, -0.2) is 43.2 Å². The highest BCUT2D eigenvalue weighted by Gasteiger charge is 2.25. The molecule has 2 atom stereocenters. The topological polar surface area (TPSA) is 41.3 Å². The average molecular weight is 183 g/mol. The summed E-state index contributed by atoms with van der Waals surface area (Å²) in [7, 11) is 0. The predicted molar refractivity (Wildman–Crippen MR) is 54.7 cm³/mol. The quantitative estimate of drug-likeness (QED) is 0.608. The maximum Gasteiger partial charge on any atom is 0.0111 e. The van der Waals surface area contributed by atoms with E-state index in [4.69, 9.17) is 5.73 Å². The highest BCUT2D eigenvalue weighted by Crippen LogP contribution is 2.21. The number of nitrogens with one attached hydrogen (secondary N) is 1. The number of rotatable bonds is 1. The molecule has 0 amide bonds. The molecule has 1 heterocycles. The van der Waals surface area contributed by atoms with Crippen LogP contribution < -0.4 is 11.1 Å². The van der Waals surface area contributed by atoms with Crippen molar-refractivity contribution in [2.45, 2.75) is 37.8 Å². The summed E-state index contributed by atoms with van der Waals surface area (Å²) in [6.07, 6.45) is 5.16. The van der Waals surface area contributed by atoms with E-state index in [9.17, 15) is 0 Å². The highest BCUT2D eigenvalue weighted by atomic mass is 15.2. The molecule has 1 saturated heterocycles. The zero-order valence-electron chi connectivity index (χ0n) is 8.34. The van der Waals surface area contributed by atoms with Gasteiger partial charge in [-0.25, -0.2) is 0 Å². The van der Waals surface area contributed by atoms with Crippen molar-refractivity contribution < 1.29 is 0 Å². The Balaban J connectivity index is 1.83. The summed E-state index contributed by atoms with van der Waals surface area (Å²) in [5.41, 5.74) is 5.99. The lowest BCUT2D eigenvalue weighted by Crippen LogP contribution is -2.51. The van der Waals surface area contributed by atoms with Crippen LogP contribution >= 0.6 is 0 Å². The molecule has 3 nitrogen and oxygen atoms in total. The number of piperazine rings is 1. The summed E-state index contributed by atoms with van der Waals surface area (Å²) in [6.45, 7) is 4.76. The van der Waals surface area contributed by atoms with Crippen LogP contribution in [0.2, 0.25) is 0 Å². The first kappa shape index (κ1) is 9.44. The zero-order valence-corrected chi connectivity index (χ0v) is 8.34. The summed E-state index contributed by atoms with van der Waals surface area (Å²) in [6, 6.07) is 1.25. The van der Waals surface area contributed by atoms with Gasteiger partial charge >= 0.3 is 0 Å². The Morgan fingerprint density at radius 3 is 2.62 bits per heavy atom. The second-order valence-electron chi connectivity index (χ2n) is 4.37. The Labute approximate surface area is 80.7 Å². The lowest BCUT2D eigenvalue weighted by atomic mass is 9.90. The van der Waals surface area contributed by atoms with Gasteiger partial charge in [-0.2, -0.15) is 0 Å². The summed E-state index contributed by atoms with van der Waals surface area (Å²) >= 11 is 0. The molecule has 76 valence electrons. The first-order valence-corrected chi connectivity index (χ1v) is 5.56. The van der Waals surface area contributed by atoms with Crippen LogP contribution in [0.1, 0.15) is 25.7 Å². The van der Waals surface area contributed by atoms with E-state index in [1.54, 1.807) is 0 Å². The molecule has 0 aromatic rings. The minimum Gasteiger partial charge on any atom is -0.328 e. The number of hydrogen-bond acceptors (Lipinski definition) is 3. The van der Waals surface area contributed by atoms with Crippen LogP contribution in [0, 0.1) is 0 Å². The van der Waals surface area contributed by atoms with Crippen molar-refractivity contribution in [1.82, 2.24) is 10.2 Å². The van der Waals surface area contributed by atoms with E-state index in [2.05, 4.69) is 10.2 Å². The van der Waals surface area contributed by atoms with Crippen LogP contribution in [0.25, 0.3) is 0 Å². The monoisotopic (exact) mass is 183 g/mol. The fraction of sp³-hybridized carbons (Fsp3) is 1.00.